The number of ketones is 1. The predicted molar refractivity (Wildman–Crippen MR) is 113 cm³/mol. The Morgan fingerprint density at radius 1 is 1.29 bits per heavy atom. The van der Waals surface area contributed by atoms with Crippen LogP contribution >= 0.6 is 0 Å². The molecule has 2 aromatic rings. The second-order valence-electron chi connectivity index (χ2n) is 8.62. The van der Waals surface area contributed by atoms with E-state index in [-0.39, 0.29) is 42.9 Å². The summed E-state index contributed by atoms with van der Waals surface area (Å²) < 4.78 is 0. The van der Waals surface area contributed by atoms with Crippen LogP contribution in [0.2, 0.25) is 0 Å². The molecule has 5 rings (SSSR count). The summed E-state index contributed by atoms with van der Waals surface area (Å²) in [5.41, 5.74) is 7.99. The monoisotopic (exact) mass is 418 g/mol. The summed E-state index contributed by atoms with van der Waals surface area (Å²) in [4.78, 5) is 56.6. The van der Waals surface area contributed by atoms with Crippen LogP contribution in [-0.4, -0.2) is 41.1 Å². The standard InChI is InChI=1S/C23H22N4O4/c1-11(2)14-9-23(14,10-24)20(29)13-4-3-12-18-15(7-8-25-19(13)18)27(22(12)31)16-5-6-17(28)26-21(16)30/h3-4,7-9,11,16H,5-6,10,24H2,1-2H3,(H,26,28,30). The number of amides is 3. The lowest BCUT2D eigenvalue weighted by Crippen LogP contribution is -2.53. The van der Waals surface area contributed by atoms with E-state index >= 15 is 0 Å². The third kappa shape index (κ3) is 2.61. The van der Waals surface area contributed by atoms with E-state index in [0.717, 1.165) is 5.57 Å². The lowest BCUT2D eigenvalue weighted by molar-refractivity contribution is -0.134. The Balaban J connectivity index is 1.61. The van der Waals surface area contributed by atoms with Crippen molar-refractivity contribution in [2.24, 2.45) is 17.1 Å². The van der Waals surface area contributed by atoms with Crippen LogP contribution in [-0.2, 0) is 9.59 Å². The van der Waals surface area contributed by atoms with Crippen molar-refractivity contribution in [2.45, 2.75) is 32.7 Å². The number of nitrogens with zero attached hydrogens (tertiary/aromatic N) is 2. The van der Waals surface area contributed by atoms with Crippen LogP contribution in [0.25, 0.3) is 10.9 Å². The average molecular weight is 418 g/mol. The Kier molecular flexibility index (Phi) is 4.14. The van der Waals surface area contributed by atoms with Gasteiger partial charge in [0.2, 0.25) is 11.8 Å². The molecule has 1 aromatic heterocycles. The molecule has 0 saturated carbocycles. The van der Waals surface area contributed by atoms with Gasteiger partial charge in [-0.2, -0.15) is 0 Å². The van der Waals surface area contributed by atoms with Crippen LogP contribution in [0.4, 0.5) is 5.69 Å². The SMILES string of the molecule is CC(C)C1=CC1(CN)C(=O)c1ccc2c3c(ccnc13)N(C1CCC(=O)NC1=O)C2=O. The Morgan fingerprint density at radius 3 is 2.71 bits per heavy atom. The molecule has 8 heteroatoms. The van der Waals surface area contributed by atoms with Gasteiger partial charge in [-0.1, -0.05) is 25.5 Å². The third-order valence-corrected chi connectivity index (χ3v) is 6.53. The highest BCUT2D eigenvalue weighted by atomic mass is 16.2. The van der Waals surface area contributed by atoms with Crippen molar-refractivity contribution >= 4 is 40.1 Å². The number of imide groups is 1. The highest BCUT2D eigenvalue weighted by Gasteiger charge is 2.51. The number of rotatable bonds is 5. The van der Waals surface area contributed by atoms with Gasteiger partial charge < -0.3 is 5.73 Å². The van der Waals surface area contributed by atoms with Gasteiger partial charge >= 0.3 is 0 Å². The summed E-state index contributed by atoms with van der Waals surface area (Å²) in [5, 5.41) is 2.86. The summed E-state index contributed by atoms with van der Waals surface area (Å²) >= 11 is 0. The van der Waals surface area contributed by atoms with E-state index in [4.69, 9.17) is 5.73 Å². The third-order valence-electron chi connectivity index (χ3n) is 6.53. The van der Waals surface area contributed by atoms with E-state index in [1.807, 2.05) is 19.9 Å². The molecule has 0 radical (unpaired) electrons. The quantitative estimate of drug-likeness (QED) is 0.433. The molecule has 158 valence electrons. The largest absolute Gasteiger partial charge is 0.329 e. The van der Waals surface area contributed by atoms with Gasteiger partial charge in [0, 0.05) is 30.1 Å². The molecular weight excluding hydrogens is 396 g/mol. The maximum Gasteiger partial charge on any atom is 0.259 e. The number of hydrogen-bond donors (Lipinski definition) is 2. The van der Waals surface area contributed by atoms with Crippen LogP contribution in [0.1, 0.15) is 47.4 Å². The summed E-state index contributed by atoms with van der Waals surface area (Å²) in [5.74, 6) is -1.08. The summed E-state index contributed by atoms with van der Waals surface area (Å²) in [6, 6.07) is 4.14. The van der Waals surface area contributed by atoms with E-state index in [9.17, 15) is 19.2 Å². The lowest BCUT2D eigenvalue weighted by atomic mass is 9.85. The van der Waals surface area contributed by atoms with E-state index in [2.05, 4.69) is 10.3 Å². The Bertz CT molecular complexity index is 1230. The number of piperidine rings is 1. The highest BCUT2D eigenvalue weighted by molar-refractivity contribution is 6.29. The molecule has 3 heterocycles. The van der Waals surface area contributed by atoms with E-state index in [1.165, 1.54) is 11.1 Å². The molecule has 3 amide bonds. The highest BCUT2D eigenvalue weighted by Crippen LogP contribution is 2.51. The minimum atomic E-state index is -0.790. The summed E-state index contributed by atoms with van der Waals surface area (Å²) in [6.45, 7) is 4.24. The summed E-state index contributed by atoms with van der Waals surface area (Å²) in [6.07, 6.45) is 3.87. The molecule has 3 aliphatic rings. The average Bonchev–Trinajstić information content (AvgIpc) is 3.44. The van der Waals surface area contributed by atoms with Crippen molar-refractivity contribution in [1.29, 1.82) is 0 Å². The zero-order valence-corrected chi connectivity index (χ0v) is 17.3. The van der Waals surface area contributed by atoms with Gasteiger partial charge in [-0.05, 0) is 30.5 Å². The van der Waals surface area contributed by atoms with Crippen LogP contribution in [0.3, 0.4) is 0 Å². The number of benzene rings is 1. The maximum absolute atomic E-state index is 13.5. The summed E-state index contributed by atoms with van der Waals surface area (Å²) in [7, 11) is 0. The molecule has 1 fully saturated rings. The van der Waals surface area contributed by atoms with Crippen LogP contribution < -0.4 is 16.0 Å². The van der Waals surface area contributed by atoms with Crippen LogP contribution in [0, 0.1) is 11.3 Å². The number of hydrogen-bond acceptors (Lipinski definition) is 6. The number of carbonyl (C=O) groups excluding carboxylic acids is 4. The first-order valence-corrected chi connectivity index (χ1v) is 10.4. The molecule has 2 unspecified atom stereocenters. The first-order valence-electron chi connectivity index (χ1n) is 10.4. The molecule has 1 aliphatic carbocycles. The number of pyridine rings is 1. The van der Waals surface area contributed by atoms with Gasteiger partial charge in [-0.3, -0.25) is 34.4 Å². The smallest absolute Gasteiger partial charge is 0.259 e. The Hall–Kier alpha value is -3.39. The lowest BCUT2D eigenvalue weighted by Gasteiger charge is -2.30. The van der Waals surface area contributed by atoms with Crippen molar-refractivity contribution < 1.29 is 19.2 Å². The van der Waals surface area contributed by atoms with Crippen LogP contribution in [0.15, 0.2) is 36.0 Å². The first-order chi connectivity index (χ1) is 14.8. The number of anilines is 1. The molecule has 1 saturated heterocycles. The van der Waals surface area contributed by atoms with Crippen molar-refractivity contribution in [1.82, 2.24) is 10.3 Å². The van der Waals surface area contributed by atoms with E-state index in [0.29, 0.717) is 27.7 Å². The molecule has 2 aliphatic heterocycles. The van der Waals surface area contributed by atoms with Gasteiger partial charge in [-0.25, -0.2) is 0 Å². The molecule has 0 bridgehead atoms. The number of aromatic nitrogens is 1. The van der Waals surface area contributed by atoms with Crippen molar-refractivity contribution in [3.8, 4) is 0 Å². The fraction of sp³-hybridized carbons (Fsp3) is 0.348. The number of Topliss-reactive ketones (excluding diaryl/α,β-unsaturated/α-hetero) is 1. The molecule has 1 aromatic carbocycles. The second kappa shape index (κ2) is 6.55. The molecule has 2 atom stereocenters. The topological polar surface area (TPSA) is 122 Å². The van der Waals surface area contributed by atoms with Crippen molar-refractivity contribution in [2.75, 3.05) is 11.4 Å². The van der Waals surface area contributed by atoms with Gasteiger partial charge in [0.25, 0.3) is 5.91 Å². The Morgan fingerprint density at radius 2 is 2.06 bits per heavy atom. The fourth-order valence-electron chi connectivity index (χ4n) is 4.91. The number of nitrogens with two attached hydrogens (primary N) is 1. The van der Waals surface area contributed by atoms with Gasteiger partial charge in [0.1, 0.15) is 6.04 Å². The molecule has 8 nitrogen and oxygen atoms in total. The fourth-order valence-corrected chi connectivity index (χ4v) is 4.91. The first kappa shape index (κ1) is 19.6. The number of carbonyl (C=O) groups is 4. The molecule has 0 spiro atoms. The molecule has 3 N–H and O–H groups in total. The maximum atomic E-state index is 13.5. The molecular formula is C23H22N4O4. The zero-order valence-electron chi connectivity index (χ0n) is 17.3. The Labute approximate surface area is 178 Å². The second-order valence-corrected chi connectivity index (χ2v) is 8.62. The number of nitrogens with one attached hydrogen (secondary N) is 1. The van der Waals surface area contributed by atoms with E-state index < -0.39 is 17.4 Å². The van der Waals surface area contributed by atoms with Gasteiger partial charge in [0.05, 0.1) is 22.2 Å². The van der Waals surface area contributed by atoms with Crippen molar-refractivity contribution in [3.63, 3.8) is 0 Å². The minimum absolute atomic E-state index is 0.123. The van der Waals surface area contributed by atoms with Crippen molar-refractivity contribution in [3.05, 3.63) is 47.2 Å². The van der Waals surface area contributed by atoms with Gasteiger partial charge in [0.15, 0.2) is 5.78 Å². The molecule has 31 heavy (non-hydrogen) atoms. The zero-order chi connectivity index (χ0) is 22.1. The van der Waals surface area contributed by atoms with Gasteiger partial charge in [-0.15, -0.1) is 0 Å². The predicted octanol–water partition coefficient (Wildman–Crippen LogP) is 1.72. The normalized spacial score (nSPS) is 24.6. The minimum Gasteiger partial charge on any atom is -0.329 e. The van der Waals surface area contributed by atoms with Crippen LogP contribution in [0.5, 0.6) is 0 Å². The van der Waals surface area contributed by atoms with E-state index in [1.54, 1.807) is 18.2 Å².